The molecule has 0 bridgehead atoms. The lowest BCUT2D eigenvalue weighted by Crippen LogP contribution is -2.29. The van der Waals surface area contributed by atoms with Gasteiger partial charge >= 0.3 is 11.9 Å². The number of aromatic nitrogens is 1. The van der Waals surface area contributed by atoms with E-state index in [2.05, 4.69) is 20.9 Å². The number of Topliss-reactive ketones (excluding diaryl/α,β-unsaturated/α-hetero) is 1. The third-order valence-electron chi connectivity index (χ3n) is 5.18. The zero-order valence-electron chi connectivity index (χ0n) is 18.0. The largest absolute Gasteiger partial charge is 0.507 e. The molecule has 34 heavy (non-hydrogen) atoms. The molecule has 7 nitrogen and oxygen atoms in total. The molecule has 1 atom stereocenters. The van der Waals surface area contributed by atoms with Crippen molar-refractivity contribution in [3.8, 4) is 0 Å². The van der Waals surface area contributed by atoms with Gasteiger partial charge in [-0.25, -0.2) is 14.2 Å². The molecule has 0 unspecified atom stereocenters. The van der Waals surface area contributed by atoms with E-state index in [0.717, 1.165) is 23.5 Å². The van der Waals surface area contributed by atoms with Crippen molar-refractivity contribution >= 4 is 55.8 Å². The molecule has 1 saturated heterocycles. The molecule has 10 heteroatoms. The predicted octanol–water partition coefficient (Wildman–Crippen LogP) is 5.16. The lowest BCUT2D eigenvalue weighted by Gasteiger charge is -2.23. The number of halogens is 2. The van der Waals surface area contributed by atoms with Crippen molar-refractivity contribution in [2.75, 3.05) is 11.5 Å². The van der Waals surface area contributed by atoms with E-state index in [0.29, 0.717) is 15.7 Å². The number of aryl methyl sites for hydroxylation is 1. The summed E-state index contributed by atoms with van der Waals surface area (Å²) in [6.07, 6.45) is 0. The molecule has 1 aromatic heterocycles. The van der Waals surface area contributed by atoms with Crippen LogP contribution in [0.3, 0.4) is 0 Å². The van der Waals surface area contributed by atoms with Gasteiger partial charge in [-0.15, -0.1) is 0 Å². The molecule has 3 aromatic rings. The summed E-state index contributed by atoms with van der Waals surface area (Å²) < 4.78 is 19.2. The number of ketones is 1. The second kappa shape index (κ2) is 9.47. The number of anilines is 1. The van der Waals surface area contributed by atoms with Gasteiger partial charge in [0.15, 0.2) is 5.13 Å². The molecule has 0 radical (unpaired) electrons. The van der Waals surface area contributed by atoms with E-state index in [1.165, 1.54) is 17.0 Å². The number of ether oxygens (including phenoxy) is 1. The van der Waals surface area contributed by atoms with Crippen molar-refractivity contribution < 1.29 is 28.6 Å². The minimum absolute atomic E-state index is 0.116. The van der Waals surface area contributed by atoms with Crippen LogP contribution >= 0.6 is 27.3 Å². The van der Waals surface area contributed by atoms with E-state index >= 15 is 0 Å². The van der Waals surface area contributed by atoms with Crippen LogP contribution in [0.4, 0.5) is 9.52 Å². The van der Waals surface area contributed by atoms with Gasteiger partial charge in [0.05, 0.1) is 23.9 Å². The second-order valence-corrected chi connectivity index (χ2v) is 9.26. The van der Waals surface area contributed by atoms with Gasteiger partial charge in [-0.3, -0.25) is 14.5 Å². The maximum Gasteiger partial charge on any atom is 0.350 e. The van der Waals surface area contributed by atoms with Gasteiger partial charge in [-0.1, -0.05) is 39.4 Å². The highest BCUT2D eigenvalue weighted by Gasteiger charge is 2.48. The molecule has 1 amide bonds. The number of hydrogen-bond donors (Lipinski definition) is 1. The van der Waals surface area contributed by atoms with Crippen molar-refractivity contribution in [2.24, 2.45) is 0 Å². The summed E-state index contributed by atoms with van der Waals surface area (Å²) in [7, 11) is 0. The number of benzene rings is 2. The zero-order valence-corrected chi connectivity index (χ0v) is 20.4. The summed E-state index contributed by atoms with van der Waals surface area (Å²) in [5.41, 5.74) is 0.900. The number of aliphatic hydroxyl groups is 1. The number of carbonyl (C=O) groups is 3. The van der Waals surface area contributed by atoms with E-state index in [1.54, 1.807) is 38.1 Å². The number of rotatable bonds is 5. The summed E-state index contributed by atoms with van der Waals surface area (Å²) in [6.45, 7) is 3.46. The molecule has 4 rings (SSSR count). The summed E-state index contributed by atoms with van der Waals surface area (Å²) in [5, 5.41) is 11.2. The first kappa shape index (κ1) is 23.8. The summed E-state index contributed by atoms with van der Waals surface area (Å²) >= 11 is 4.32. The Bertz CT molecular complexity index is 1340. The lowest BCUT2D eigenvalue weighted by molar-refractivity contribution is -0.132. The van der Waals surface area contributed by atoms with Crippen LogP contribution in [0, 0.1) is 12.7 Å². The molecule has 1 N–H and O–H groups in total. The third-order valence-corrected chi connectivity index (χ3v) is 6.81. The van der Waals surface area contributed by atoms with Crippen LogP contribution < -0.4 is 4.90 Å². The number of amides is 1. The van der Waals surface area contributed by atoms with Gasteiger partial charge in [-0.05, 0) is 55.8 Å². The van der Waals surface area contributed by atoms with E-state index in [-0.39, 0.29) is 27.8 Å². The summed E-state index contributed by atoms with van der Waals surface area (Å²) in [4.78, 5) is 44.4. The Labute approximate surface area is 206 Å². The highest BCUT2D eigenvalue weighted by atomic mass is 79.9. The van der Waals surface area contributed by atoms with Gasteiger partial charge in [0, 0.05) is 10.0 Å². The van der Waals surface area contributed by atoms with Crippen LogP contribution in [0.25, 0.3) is 5.76 Å². The van der Waals surface area contributed by atoms with E-state index in [1.807, 2.05) is 0 Å². The number of carbonyl (C=O) groups excluding carboxylic acids is 3. The Morgan fingerprint density at radius 3 is 2.59 bits per heavy atom. The predicted molar refractivity (Wildman–Crippen MR) is 128 cm³/mol. The summed E-state index contributed by atoms with van der Waals surface area (Å²) in [6, 6.07) is 10.8. The van der Waals surface area contributed by atoms with E-state index < -0.39 is 35.3 Å². The standard InChI is InChI=1S/C24H18BrFN2O5S/c1-3-33-23(32)21-12(2)27-24(34-21)28-18(14-5-4-6-15(25)11-14)17(20(30)22(28)31)19(29)13-7-9-16(26)10-8-13/h4-11,18,29H,3H2,1-2H3/t18-/m1/s1. The molecule has 1 aliphatic heterocycles. The van der Waals surface area contributed by atoms with E-state index in [9.17, 15) is 23.9 Å². The first-order valence-corrected chi connectivity index (χ1v) is 11.8. The van der Waals surface area contributed by atoms with Crippen LogP contribution in [-0.2, 0) is 14.3 Å². The number of esters is 1. The maximum absolute atomic E-state index is 13.4. The first-order chi connectivity index (χ1) is 16.2. The molecule has 0 spiro atoms. The number of hydrogen-bond acceptors (Lipinski definition) is 7. The lowest BCUT2D eigenvalue weighted by atomic mass is 9.95. The van der Waals surface area contributed by atoms with Crippen LogP contribution in [0.2, 0.25) is 0 Å². The fraction of sp³-hybridized carbons (Fsp3) is 0.167. The Kier molecular flexibility index (Phi) is 6.63. The molecule has 1 fully saturated rings. The minimum atomic E-state index is -1.02. The molecule has 2 aromatic carbocycles. The van der Waals surface area contributed by atoms with Gasteiger partial charge in [-0.2, -0.15) is 0 Å². The molecular weight excluding hydrogens is 527 g/mol. The Hall–Kier alpha value is -3.37. The SMILES string of the molecule is CCOC(=O)c1sc(N2C(=O)C(=O)C(=C(O)c3ccc(F)cc3)[C@H]2c2cccc(Br)c2)nc1C. The van der Waals surface area contributed by atoms with Crippen molar-refractivity contribution in [1.29, 1.82) is 0 Å². The molecule has 0 aliphatic carbocycles. The van der Waals surface area contributed by atoms with Crippen molar-refractivity contribution in [3.63, 3.8) is 0 Å². The molecular formula is C24H18BrFN2O5S. The van der Waals surface area contributed by atoms with Crippen LogP contribution in [0.1, 0.15) is 39.5 Å². The zero-order chi connectivity index (χ0) is 24.6. The van der Waals surface area contributed by atoms with Gasteiger partial charge in [0.2, 0.25) is 0 Å². The van der Waals surface area contributed by atoms with Crippen molar-refractivity contribution in [2.45, 2.75) is 19.9 Å². The van der Waals surface area contributed by atoms with Crippen LogP contribution in [-0.4, -0.2) is 34.4 Å². The first-order valence-electron chi connectivity index (χ1n) is 10.2. The van der Waals surface area contributed by atoms with E-state index in [4.69, 9.17) is 4.74 Å². The van der Waals surface area contributed by atoms with Crippen molar-refractivity contribution in [3.05, 3.63) is 86.1 Å². The van der Waals surface area contributed by atoms with Gasteiger partial charge in [0.1, 0.15) is 16.5 Å². The van der Waals surface area contributed by atoms with Crippen molar-refractivity contribution in [1.82, 2.24) is 4.98 Å². The minimum Gasteiger partial charge on any atom is -0.507 e. The fourth-order valence-electron chi connectivity index (χ4n) is 3.66. The highest BCUT2D eigenvalue weighted by Crippen LogP contribution is 2.44. The quantitative estimate of drug-likeness (QED) is 0.206. The van der Waals surface area contributed by atoms with Crippen LogP contribution in [0.5, 0.6) is 0 Å². The molecule has 0 saturated carbocycles. The maximum atomic E-state index is 13.4. The fourth-order valence-corrected chi connectivity index (χ4v) is 5.06. The number of aliphatic hydroxyl groups excluding tert-OH is 1. The average molecular weight is 545 g/mol. The number of nitrogens with zero attached hydrogens (tertiary/aromatic N) is 2. The monoisotopic (exact) mass is 544 g/mol. The Morgan fingerprint density at radius 1 is 1.24 bits per heavy atom. The second-order valence-electron chi connectivity index (χ2n) is 7.36. The highest BCUT2D eigenvalue weighted by molar-refractivity contribution is 9.10. The smallest absolute Gasteiger partial charge is 0.350 e. The Morgan fingerprint density at radius 2 is 1.94 bits per heavy atom. The topological polar surface area (TPSA) is 96.8 Å². The third kappa shape index (κ3) is 4.26. The van der Waals surface area contributed by atoms with Crippen LogP contribution in [0.15, 0.2) is 58.6 Å². The normalized spacial score (nSPS) is 17.3. The average Bonchev–Trinajstić information content (AvgIpc) is 3.31. The number of thiazole rings is 1. The summed E-state index contributed by atoms with van der Waals surface area (Å²) in [5.74, 6) is -3.35. The Balaban J connectivity index is 1.91. The molecule has 2 heterocycles. The van der Waals surface area contributed by atoms with Gasteiger partial charge in [0.25, 0.3) is 5.78 Å². The molecule has 1 aliphatic rings. The molecule has 174 valence electrons. The van der Waals surface area contributed by atoms with Gasteiger partial charge < -0.3 is 9.84 Å².